The average Bonchev–Trinajstić information content (AvgIpc) is 2.82. The second-order valence-corrected chi connectivity index (χ2v) is 4.37. The Morgan fingerprint density at radius 3 is 2.38 bits per heavy atom. The molecule has 0 spiro atoms. The molecule has 1 unspecified atom stereocenters. The van der Waals surface area contributed by atoms with Gasteiger partial charge in [-0.25, -0.2) is 0 Å². The molecule has 2 aromatic rings. The van der Waals surface area contributed by atoms with Crippen LogP contribution in [0, 0.1) is 0 Å². The standard InChI is InChI=1S/C12H11NO2S/c13-11(14)12(15,10-7-4-8-16-10)9-5-2-1-3-6-9/h1-8,15H,(H2,13,14). The number of benzene rings is 1. The maximum absolute atomic E-state index is 11.5. The molecule has 1 amide bonds. The largest absolute Gasteiger partial charge is 0.371 e. The van der Waals surface area contributed by atoms with Crippen molar-refractivity contribution < 1.29 is 9.90 Å². The third-order valence-electron chi connectivity index (χ3n) is 2.43. The molecule has 16 heavy (non-hydrogen) atoms. The molecule has 0 bridgehead atoms. The summed E-state index contributed by atoms with van der Waals surface area (Å²) in [5.74, 6) is -0.763. The van der Waals surface area contributed by atoms with E-state index in [4.69, 9.17) is 5.73 Å². The Labute approximate surface area is 97.2 Å². The molecule has 0 radical (unpaired) electrons. The molecule has 0 aliphatic rings. The smallest absolute Gasteiger partial charge is 0.259 e. The van der Waals surface area contributed by atoms with Crippen molar-refractivity contribution >= 4 is 17.2 Å². The molecule has 0 fully saturated rings. The van der Waals surface area contributed by atoms with Crippen LogP contribution < -0.4 is 5.73 Å². The number of hydrogen-bond donors (Lipinski definition) is 2. The number of amides is 1. The van der Waals surface area contributed by atoms with Gasteiger partial charge in [-0.05, 0) is 17.0 Å². The molecule has 0 aliphatic carbocycles. The van der Waals surface area contributed by atoms with Gasteiger partial charge in [-0.3, -0.25) is 4.79 Å². The monoisotopic (exact) mass is 233 g/mol. The Morgan fingerprint density at radius 1 is 1.19 bits per heavy atom. The fourth-order valence-corrected chi connectivity index (χ4v) is 2.42. The minimum Gasteiger partial charge on any atom is -0.371 e. The fraction of sp³-hybridized carbons (Fsp3) is 0.0833. The van der Waals surface area contributed by atoms with Crippen LogP contribution in [0.1, 0.15) is 10.4 Å². The predicted molar refractivity (Wildman–Crippen MR) is 63.0 cm³/mol. The van der Waals surface area contributed by atoms with Crippen LogP contribution in [-0.2, 0) is 10.4 Å². The first-order valence-electron chi connectivity index (χ1n) is 4.77. The van der Waals surface area contributed by atoms with Gasteiger partial charge in [-0.1, -0.05) is 36.4 Å². The Bertz CT molecular complexity index is 481. The van der Waals surface area contributed by atoms with E-state index in [1.54, 1.807) is 41.8 Å². The van der Waals surface area contributed by atoms with Crippen LogP contribution in [0.25, 0.3) is 0 Å². The quantitative estimate of drug-likeness (QED) is 0.843. The summed E-state index contributed by atoms with van der Waals surface area (Å²) in [5.41, 5.74) is 4.08. The number of hydrogen-bond acceptors (Lipinski definition) is 3. The van der Waals surface area contributed by atoms with Gasteiger partial charge >= 0.3 is 0 Å². The van der Waals surface area contributed by atoms with E-state index < -0.39 is 11.5 Å². The summed E-state index contributed by atoms with van der Waals surface area (Å²) in [6, 6.07) is 12.2. The predicted octanol–water partition coefficient (Wildman–Crippen LogP) is 1.47. The Morgan fingerprint density at radius 2 is 1.88 bits per heavy atom. The number of nitrogens with two attached hydrogens (primary N) is 1. The maximum Gasteiger partial charge on any atom is 0.259 e. The lowest BCUT2D eigenvalue weighted by molar-refractivity contribution is -0.132. The summed E-state index contributed by atoms with van der Waals surface area (Å²) in [6.07, 6.45) is 0. The van der Waals surface area contributed by atoms with E-state index in [1.807, 2.05) is 6.07 Å². The minimum absolute atomic E-state index is 0.491. The molecule has 3 nitrogen and oxygen atoms in total. The molecule has 4 heteroatoms. The highest BCUT2D eigenvalue weighted by atomic mass is 32.1. The van der Waals surface area contributed by atoms with E-state index in [-0.39, 0.29) is 0 Å². The second-order valence-electron chi connectivity index (χ2n) is 3.42. The van der Waals surface area contributed by atoms with Crippen LogP contribution in [0.4, 0.5) is 0 Å². The highest BCUT2D eigenvalue weighted by Gasteiger charge is 2.38. The lowest BCUT2D eigenvalue weighted by Gasteiger charge is -2.23. The molecule has 3 N–H and O–H groups in total. The first-order valence-corrected chi connectivity index (χ1v) is 5.65. The molecule has 1 heterocycles. The highest BCUT2D eigenvalue weighted by molar-refractivity contribution is 7.10. The number of carbonyl (C=O) groups is 1. The van der Waals surface area contributed by atoms with Crippen molar-refractivity contribution in [1.82, 2.24) is 0 Å². The first kappa shape index (κ1) is 10.9. The number of carbonyl (C=O) groups excluding carboxylic acids is 1. The van der Waals surface area contributed by atoms with Crippen molar-refractivity contribution in [2.45, 2.75) is 5.60 Å². The van der Waals surface area contributed by atoms with Gasteiger partial charge in [0.05, 0.1) is 4.88 Å². The lowest BCUT2D eigenvalue weighted by atomic mass is 9.91. The van der Waals surface area contributed by atoms with Crippen LogP contribution >= 0.6 is 11.3 Å². The van der Waals surface area contributed by atoms with E-state index in [0.717, 1.165) is 0 Å². The number of primary amides is 1. The topological polar surface area (TPSA) is 63.3 Å². The molecular formula is C12H11NO2S. The van der Waals surface area contributed by atoms with E-state index in [0.29, 0.717) is 10.4 Å². The van der Waals surface area contributed by atoms with Crippen LogP contribution in [-0.4, -0.2) is 11.0 Å². The molecule has 0 saturated carbocycles. The zero-order chi connectivity index (χ0) is 11.6. The third kappa shape index (κ3) is 1.62. The molecule has 0 aliphatic heterocycles. The zero-order valence-electron chi connectivity index (χ0n) is 8.46. The van der Waals surface area contributed by atoms with Crippen LogP contribution in [0.3, 0.4) is 0 Å². The van der Waals surface area contributed by atoms with Gasteiger partial charge in [0.25, 0.3) is 5.91 Å². The highest BCUT2D eigenvalue weighted by Crippen LogP contribution is 2.32. The summed E-state index contributed by atoms with van der Waals surface area (Å²) in [7, 11) is 0. The van der Waals surface area contributed by atoms with Crippen molar-refractivity contribution in [1.29, 1.82) is 0 Å². The van der Waals surface area contributed by atoms with Crippen LogP contribution in [0.15, 0.2) is 47.8 Å². The summed E-state index contributed by atoms with van der Waals surface area (Å²) in [4.78, 5) is 12.0. The molecule has 1 aromatic carbocycles. The average molecular weight is 233 g/mol. The molecule has 0 saturated heterocycles. The summed E-state index contributed by atoms with van der Waals surface area (Å²) in [5, 5.41) is 12.3. The summed E-state index contributed by atoms with van der Waals surface area (Å²) < 4.78 is 0. The van der Waals surface area contributed by atoms with E-state index in [2.05, 4.69) is 0 Å². The molecule has 1 aromatic heterocycles. The Hall–Kier alpha value is -1.65. The number of rotatable bonds is 3. The first-order chi connectivity index (χ1) is 7.65. The van der Waals surface area contributed by atoms with E-state index in [9.17, 15) is 9.90 Å². The minimum atomic E-state index is -1.73. The second kappa shape index (κ2) is 4.08. The molecule has 82 valence electrons. The van der Waals surface area contributed by atoms with Crippen molar-refractivity contribution in [3.05, 3.63) is 58.3 Å². The zero-order valence-corrected chi connectivity index (χ0v) is 9.28. The van der Waals surface area contributed by atoms with Gasteiger partial charge in [0.2, 0.25) is 5.60 Å². The SMILES string of the molecule is NC(=O)C(O)(c1ccccc1)c1cccs1. The van der Waals surface area contributed by atoms with Crippen LogP contribution in [0.2, 0.25) is 0 Å². The van der Waals surface area contributed by atoms with E-state index in [1.165, 1.54) is 11.3 Å². The van der Waals surface area contributed by atoms with Gasteiger partial charge in [-0.15, -0.1) is 11.3 Å². The van der Waals surface area contributed by atoms with Gasteiger partial charge < -0.3 is 10.8 Å². The van der Waals surface area contributed by atoms with Gasteiger partial charge in [0.15, 0.2) is 0 Å². The fourth-order valence-electron chi connectivity index (χ4n) is 1.57. The molecule has 1 atom stereocenters. The van der Waals surface area contributed by atoms with Gasteiger partial charge in [0.1, 0.15) is 0 Å². The Balaban J connectivity index is 2.58. The Kier molecular flexibility index (Phi) is 2.77. The van der Waals surface area contributed by atoms with E-state index >= 15 is 0 Å². The normalized spacial score (nSPS) is 14.3. The maximum atomic E-state index is 11.5. The van der Waals surface area contributed by atoms with Gasteiger partial charge in [0, 0.05) is 0 Å². The third-order valence-corrected chi connectivity index (χ3v) is 3.40. The summed E-state index contributed by atoms with van der Waals surface area (Å²) >= 11 is 1.30. The van der Waals surface area contributed by atoms with Gasteiger partial charge in [-0.2, -0.15) is 0 Å². The van der Waals surface area contributed by atoms with Crippen molar-refractivity contribution in [3.8, 4) is 0 Å². The lowest BCUT2D eigenvalue weighted by Crippen LogP contribution is -2.41. The molecule has 2 rings (SSSR count). The van der Waals surface area contributed by atoms with Crippen molar-refractivity contribution in [2.75, 3.05) is 0 Å². The molecular weight excluding hydrogens is 222 g/mol. The summed E-state index contributed by atoms with van der Waals surface area (Å²) in [6.45, 7) is 0. The number of aliphatic hydroxyl groups is 1. The van der Waals surface area contributed by atoms with Crippen molar-refractivity contribution in [2.24, 2.45) is 5.73 Å². The van der Waals surface area contributed by atoms with Crippen LogP contribution in [0.5, 0.6) is 0 Å². The number of thiophene rings is 1. The van der Waals surface area contributed by atoms with Crippen molar-refractivity contribution in [3.63, 3.8) is 0 Å².